The molecule has 3 N–H and O–H groups in total. The molecule has 0 spiro atoms. The van der Waals surface area contributed by atoms with Crippen LogP contribution < -0.4 is 10.5 Å². The van der Waals surface area contributed by atoms with E-state index in [9.17, 15) is 13.2 Å². The van der Waals surface area contributed by atoms with Crippen LogP contribution in [0.15, 0.2) is 36.7 Å². The van der Waals surface area contributed by atoms with Crippen molar-refractivity contribution < 1.29 is 23.0 Å². The maximum absolute atomic E-state index is 12.6. The van der Waals surface area contributed by atoms with Crippen LogP contribution in [0.4, 0.5) is 18.9 Å². The van der Waals surface area contributed by atoms with Gasteiger partial charge in [-0.1, -0.05) is 6.07 Å². The van der Waals surface area contributed by atoms with Gasteiger partial charge in [0.25, 0.3) is 0 Å². The summed E-state index contributed by atoms with van der Waals surface area (Å²) in [6.07, 6.45) is -2.14. The minimum Gasteiger partial charge on any atom is -0.454 e. The monoisotopic (exact) mass is 298 g/mol. The predicted octanol–water partition coefficient (Wildman–Crippen LogP) is 3.01. The molecule has 0 radical (unpaired) electrons. The molecule has 4 nitrogen and oxygen atoms in total. The van der Waals surface area contributed by atoms with E-state index in [0.29, 0.717) is 6.42 Å². The third-order valence-electron chi connectivity index (χ3n) is 2.74. The molecular weight excluding hydrogens is 285 g/mol. The number of aliphatic hydroxyl groups excluding tert-OH is 1. The van der Waals surface area contributed by atoms with Crippen LogP contribution in [0, 0.1) is 0 Å². The number of halogens is 3. The summed E-state index contributed by atoms with van der Waals surface area (Å²) in [5, 5.41) is 8.83. The first-order chi connectivity index (χ1) is 9.90. The minimum absolute atomic E-state index is 0.0167. The fourth-order valence-electron chi connectivity index (χ4n) is 1.73. The molecule has 0 bridgehead atoms. The Balaban J connectivity index is 2.22. The molecule has 21 heavy (non-hydrogen) atoms. The highest BCUT2D eigenvalue weighted by Crippen LogP contribution is 2.33. The predicted molar refractivity (Wildman–Crippen MR) is 71.0 cm³/mol. The Morgan fingerprint density at radius 1 is 1.19 bits per heavy atom. The summed E-state index contributed by atoms with van der Waals surface area (Å²) >= 11 is 0. The number of alkyl halides is 3. The van der Waals surface area contributed by atoms with E-state index >= 15 is 0 Å². The standard InChI is InChI=1S/C14H13F3N2O2/c15-14(16,17)10-6-11(8-19-7-10)21-13-2-1-9(3-4-20)5-12(13)18/h1-2,5-8,20H,3-4,18H2. The molecule has 0 saturated heterocycles. The van der Waals surface area contributed by atoms with Crippen molar-refractivity contribution >= 4 is 5.69 Å². The van der Waals surface area contributed by atoms with E-state index in [1.807, 2.05) is 0 Å². The fraction of sp³-hybridized carbons (Fsp3) is 0.214. The van der Waals surface area contributed by atoms with Gasteiger partial charge in [-0.15, -0.1) is 0 Å². The van der Waals surface area contributed by atoms with Gasteiger partial charge in [0.1, 0.15) is 11.5 Å². The molecule has 2 aromatic rings. The number of nitrogens with two attached hydrogens (primary N) is 1. The molecule has 2 rings (SSSR count). The van der Waals surface area contributed by atoms with E-state index in [4.69, 9.17) is 15.6 Å². The molecule has 0 atom stereocenters. The number of nitrogen functional groups attached to an aromatic ring is 1. The average Bonchev–Trinajstić information content (AvgIpc) is 2.42. The van der Waals surface area contributed by atoms with E-state index < -0.39 is 11.7 Å². The van der Waals surface area contributed by atoms with E-state index in [1.54, 1.807) is 18.2 Å². The normalized spacial score (nSPS) is 11.4. The van der Waals surface area contributed by atoms with Gasteiger partial charge in [-0.2, -0.15) is 13.2 Å². The molecule has 112 valence electrons. The third kappa shape index (κ3) is 3.85. The maximum atomic E-state index is 12.6. The summed E-state index contributed by atoms with van der Waals surface area (Å²) in [5.74, 6) is 0.184. The van der Waals surface area contributed by atoms with E-state index in [2.05, 4.69) is 4.98 Å². The Morgan fingerprint density at radius 3 is 2.57 bits per heavy atom. The van der Waals surface area contributed by atoms with Gasteiger partial charge in [-0.05, 0) is 30.2 Å². The molecule has 0 saturated carbocycles. The number of aromatic nitrogens is 1. The van der Waals surface area contributed by atoms with Crippen molar-refractivity contribution in [3.05, 3.63) is 47.8 Å². The van der Waals surface area contributed by atoms with Crippen LogP contribution in [0.5, 0.6) is 11.5 Å². The number of anilines is 1. The first kappa shape index (κ1) is 15.1. The molecule has 0 unspecified atom stereocenters. The summed E-state index contributed by atoms with van der Waals surface area (Å²) in [6.45, 7) is -0.0167. The smallest absolute Gasteiger partial charge is 0.418 e. The van der Waals surface area contributed by atoms with Crippen LogP contribution in [-0.4, -0.2) is 16.7 Å². The lowest BCUT2D eigenvalue weighted by Gasteiger charge is -2.11. The number of aliphatic hydroxyl groups is 1. The number of hydrogen-bond donors (Lipinski definition) is 2. The van der Waals surface area contributed by atoms with Gasteiger partial charge in [0, 0.05) is 12.8 Å². The Kier molecular flexibility index (Phi) is 4.32. The van der Waals surface area contributed by atoms with Gasteiger partial charge in [-0.25, -0.2) is 0 Å². The zero-order valence-corrected chi connectivity index (χ0v) is 10.9. The van der Waals surface area contributed by atoms with Crippen molar-refractivity contribution in [3.63, 3.8) is 0 Å². The van der Waals surface area contributed by atoms with E-state index in [0.717, 1.165) is 17.8 Å². The second-order valence-corrected chi connectivity index (χ2v) is 4.35. The highest BCUT2D eigenvalue weighted by molar-refractivity contribution is 5.55. The van der Waals surface area contributed by atoms with Gasteiger partial charge < -0.3 is 15.6 Å². The molecule has 0 aliphatic rings. The van der Waals surface area contributed by atoms with Crippen LogP contribution in [-0.2, 0) is 12.6 Å². The molecule has 1 heterocycles. The zero-order valence-electron chi connectivity index (χ0n) is 10.9. The SMILES string of the molecule is Nc1cc(CCO)ccc1Oc1cncc(C(F)(F)F)c1. The first-order valence-corrected chi connectivity index (χ1v) is 6.09. The van der Waals surface area contributed by atoms with Crippen molar-refractivity contribution in [2.24, 2.45) is 0 Å². The Labute approximate surface area is 119 Å². The molecule has 0 aliphatic heterocycles. The second kappa shape index (κ2) is 6.01. The van der Waals surface area contributed by atoms with Crippen molar-refractivity contribution in [1.82, 2.24) is 4.98 Å². The highest BCUT2D eigenvalue weighted by atomic mass is 19.4. The topological polar surface area (TPSA) is 68.4 Å². The molecule has 1 aromatic heterocycles. The molecule has 1 aromatic carbocycles. The lowest BCUT2D eigenvalue weighted by atomic mass is 10.1. The van der Waals surface area contributed by atoms with E-state index in [1.165, 1.54) is 6.20 Å². The molecule has 0 fully saturated rings. The fourth-order valence-corrected chi connectivity index (χ4v) is 1.73. The largest absolute Gasteiger partial charge is 0.454 e. The number of pyridine rings is 1. The summed E-state index contributed by atoms with van der Waals surface area (Å²) in [5.41, 5.74) is 5.97. The van der Waals surface area contributed by atoms with Crippen LogP contribution in [0.3, 0.4) is 0 Å². The van der Waals surface area contributed by atoms with Gasteiger partial charge in [0.15, 0.2) is 0 Å². The van der Waals surface area contributed by atoms with Crippen molar-refractivity contribution in [2.75, 3.05) is 12.3 Å². The summed E-state index contributed by atoms with van der Waals surface area (Å²) in [4.78, 5) is 3.51. The van der Waals surface area contributed by atoms with Gasteiger partial charge >= 0.3 is 6.18 Å². The Morgan fingerprint density at radius 2 is 1.95 bits per heavy atom. The summed E-state index contributed by atoms with van der Waals surface area (Å²) < 4.78 is 43.1. The third-order valence-corrected chi connectivity index (χ3v) is 2.74. The number of rotatable bonds is 4. The number of nitrogens with zero attached hydrogens (tertiary/aromatic N) is 1. The quantitative estimate of drug-likeness (QED) is 0.851. The minimum atomic E-state index is -4.48. The van der Waals surface area contributed by atoms with E-state index in [-0.39, 0.29) is 23.8 Å². The van der Waals surface area contributed by atoms with Crippen LogP contribution in [0.25, 0.3) is 0 Å². The van der Waals surface area contributed by atoms with Crippen LogP contribution >= 0.6 is 0 Å². The Hall–Kier alpha value is -2.28. The number of ether oxygens (including phenoxy) is 1. The second-order valence-electron chi connectivity index (χ2n) is 4.35. The maximum Gasteiger partial charge on any atom is 0.418 e. The van der Waals surface area contributed by atoms with Crippen molar-refractivity contribution in [2.45, 2.75) is 12.6 Å². The van der Waals surface area contributed by atoms with Gasteiger partial charge in [0.2, 0.25) is 0 Å². The Bertz CT molecular complexity index is 630. The molecular formula is C14H13F3N2O2. The van der Waals surface area contributed by atoms with Gasteiger partial charge in [0.05, 0.1) is 17.4 Å². The van der Waals surface area contributed by atoms with Crippen LogP contribution in [0.1, 0.15) is 11.1 Å². The first-order valence-electron chi connectivity index (χ1n) is 6.09. The molecule has 0 amide bonds. The van der Waals surface area contributed by atoms with Crippen molar-refractivity contribution in [1.29, 1.82) is 0 Å². The lowest BCUT2D eigenvalue weighted by molar-refractivity contribution is -0.137. The van der Waals surface area contributed by atoms with Crippen molar-refractivity contribution in [3.8, 4) is 11.5 Å². The van der Waals surface area contributed by atoms with Crippen LogP contribution in [0.2, 0.25) is 0 Å². The summed E-state index contributed by atoms with van der Waals surface area (Å²) in [7, 11) is 0. The average molecular weight is 298 g/mol. The summed E-state index contributed by atoms with van der Waals surface area (Å²) in [6, 6.07) is 5.68. The number of hydrogen-bond acceptors (Lipinski definition) is 4. The highest BCUT2D eigenvalue weighted by Gasteiger charge is 2.31. The zero-order chi connectivity index (χ0) is 15.5. The van der Waals surface area contributed by atoms with Gasteiger partial charge in [-0.3, -0.25) is 4.98 Å². The number of benzene rings is 1. The lowest BCUT2D eigenvalue weighted by Crippen LogP contribution is -2.05. The molecule has 7 heteroatoms. The molecule has 0 aliphatic carbocycles.